The summed E-state index contributed by atoms with van der Waals surface area (Å²) in [6.45, 7) is 0. The van der Waals surface area contributed by atoms with Crippen LogP contribution in [0.4, 0.5) is 4.39 Å². The van der Waals surface area contributed by atoms with Gasteiger partial charge in [-0.1, -0.05) is 0 Å². The molecule has 0 bridgehead atoms. The van der Waals surface area contributed by atoms with Crippen molar-refractivity contribution < 1.29 is 22.8 Å². The minimum Gasteiger partial charge on any atom is -0.496 e. The molecule has 0 heterocycles. The molecule has 0 aliphatic carbocycles. The number of halogens is 1. The first-order chi connectivity index (χ1) is 7.33. The highest BCUT2D eigenvalue weighted by atomic mass is 19.1. The summed E-state index contributed by atoms with van der Waals surface area (Å²) in [6, 6.07) is 2.91. The number of esters is 1. The summed E-state index contributed by atoms with van der Waals surface area (Å²) in [5.74, 6) is -1.79. The number of methoxy groups -OCH3 is 2. The third kappa shape index (κ3) is 1.96. The fourth-order valence-corrected chi connectivity index (χ4v) is 0.861. The average molecular weight is 187 g/mol. The Bertz CT molecular complexity index is 403. The van der Waals surface area contributed by atoms with E-state index in [1.54, 1.807) is 0 Å². The van der Waals surface area contributed by atoms with Gasteiger partial charge in [0.05, 0.1) is 18.3 Å². The molecule has 13 heavy (non-hydrogen) atoms. The maximum Gasteiger partial charge on any atom is 0.341 e. The van der Waals surface area contributed by atoms with E-state index in [1.165, 1.54) is 0 Å². The van der Waals surface area contributed by atoms with Gasteiger partial charge in [-0.05, 0) is 18.2 Å². The Morgan fingerprint density at radius 3 is 3.00 bits per heavy atom. The first kappa shape index (κ1) is 5.96. The number of hydrogen-bond donors (Lipinski definition) is 0. The lowest BCUT2D eigenvalue weighted by atomic mass is 10.2. The standard InChI is InChI=1S/C9H9FO3/c1-12-8-4-3-6(10)5-7(8)9(11)13-2/h3-5H,1-2H3/i1D3. The molecule has 1 aromatic rings. The van der Waals surface area contributed by atoms with E-state index in [2.05, 4.69) is 9.47 Å². The topological polar surface area (TPSA) is 35.5 Å². The summed E-state index contributed by atoms with van der Waals surface area (Å²) in [5.41, 5.74) is -0.265. The van der Waals surface area contributed by atoms with Crippen LogP contribution in [-0.4, -0.2) is 20.1 Å². The highest BCUT2D eigenvalue weighted by Gasteiger charge is 2.12. The zero-order valence-electron chi connectivity index (χ0n) is 9.83. The predicted octanol–water partition coefficient (Wildman–Crippen LogP) is 1.62. The van der Waals surface area contributed by atoms with Crippen LogP contribution in [0.25, 0.3) is 0 Å². The molecule has 0 fully saturated rings. The molecule has 0 saturated carbocycles. The number of benzene rings is 1. The van der Waals surface area contributed by atoms with Gasteiger partial charge in [0, 0.05) is 0 Å². The number of ether oxygens (including phenoxy) is 2. The molecule has 1 rings (SSSR count). The number of hydrogen-bond acceptors (Lipinski definition) is 3. The maximum absolute atomic E-state index is 12.9. The predicted molar refractivity (Wildman–Crippen MR) is 44.3 cm³/mol. The van der Waals surface area contributed by atoms with Crippen LogP contribution in [0.15, 0.2) is 18.2 Å². The lowest BCUT2D eigenvalue weighted by Gasteiger charge is -2.05. The lowest BCUT2D eigenvalue weighted by molar-refractivity contribution is 0.0596. The largest absolute Gasteiger partial charge is 0.496 e. The zero-order valence-corrected chi connectivity index (χ0v) is 6.83. The van der Waals surface area contributed by atoms with E-state index in [9.17, 15) is 9.18 Å². The van der Waals surface area contributed by atoms with Crippen LogP contribution in [0.1, 0.15) is 14.5 Å². The minimum atomic E-state index is -2.71. The van der Waals surface area contributed by atoms with Crippen molar-refractivity contribution in [3.63, 3.8) is 0 Å². The van der Waals surface area contributed by atoms with Gasteiger partial charge in [0.2, 0.25) is 0 Å². The van der Waals surface area contributed by atoms with Gasteiger partial charge in [0.25, 0.3) is 0 Å². The van der Waals surface area contributed by atoms with Crippen LogP contribution in [-0.2, 0) is 4.74 Å². The van der Waals surface area contributed by atoms with Gasteiger partial charge in [-0.15, -0.1) is 0 Å². The quantitative estimate of drug-likeness (QED) is 0.660. The van der Waals surface area contributed by atoms with Gasteiger partial charge in [-0.25, -0.2) is 9.18 Å². The Labute approximate surface area is 79.3 Å². The normalized spacial score (nSPS) is 13.8. The van der Waals surface area contributed by atoms with E-state index < -0.39 is 18.8 Å². The molecule has 0 unspecified atom stereocenters. The Hall–Kier alpha value is -1.58. The fourth-order valence-electron chi connectivity index (χ4n) is 0.861. The van der Waals surface area contributed by atoms with Gasteiger partial charge in [0.15, 0.2) is 0 Å². The smallest absolute Gasteiger partial charge is 0.341 e. The van der Waals surface area contributed by atoms with E-state index in [0.29, 0.717) is 0 Å². The van der Waals surface area contributed by atoms with E-state index in [0.717, 1.165) is 25.3 Å². The van der Waals surface area contributed by atoms with Crippen LogP contribution in [0.2, 0.25) is 0 Å². The first-order valence-electron chi connectivity index (χ1n) is 4.90. The van der Waals surface area contributed by atoms with Crippen molar-refractivity contribution in [3.8, 4) is 5.75 Å². The van der Waals surface area contributed by atoms with Crippen LogP contribution in [0.3, 0.4) is 0 Å². The highest BCUT2D eigenvalue weighted by molar-refractivity contribution is 5.92. The molecule has 3 nitrogen and oxygen atoms in total. The van der Waals surface area contributed by atoms with Crippen molar-refractivity contribution in [3.05, 3.63) is 29.6 Å². The second kappa shape index (κ2) is 3.89. The van der Waals surface area contributed by atoms with Crippen molar-refractivity contribution in [1.82, 2.24) is 0 Å². The van der Waals surface area contributed by atoms with Gasteiger partial charge in [-0.2, -0.15) is 0 Å². The van der Waals surface area contributed by atoms with Crippen molar-refractivity contribution in [2.75, 3.05) is 14.1 Å². The lowest BCUT2D eigenvalue weighted by Crippen LogP contribution is -2.04. The molecule has 0 aliphatic rings. The van der Waals surface area contributed by atoms with E-state index in [1.807, 2.05) is 0 Å². The summed E-state index contributed by atoms with van der Waals surface area (Å²) >= 11 is 0. The minimum absolute atomic E-state index is 0.242. The number of rotatable bonds is 2. The molecular formula is C9H9FO3. The summed E-state index contributed by atoms with van der Waals surface area (Å²) in [7, 11) is -1.60. The Kier molecular flexibility index (Phi) is 1.78. The average Bonchev–Trinajstić information content (AvgIpc) is 2.17. The van der Waals surface area contributed by atoms with E-state index >= 15 is 0 Å². The van der Waals surface area contributed by atoms with Crippen molar-refractivity contribution >= 4 is 5.97 Å². The molecule has 4 heteroatoms. The second-order valence-electron chi connectivity index (χ2n) is 2.23. The van der Waals surface area contributed by atoms with Crippen molar-refractivity contribution in [1.29, 1.82) is 0 Å². The third-order valence-corrected chi connectivity index (χ3v) is 1.46. The molecular weight excluding hydrogens is 175 g/mol. The van der Waals surface area contributed by atoms with Gasteiger partial charge < -0.3 is 9.47 Å². The Morgan fingerprint density at radius 2 is 2.38 bits per heavy atom. The van der Waals surface area contributed by atoms with E-state index in [-0.39, 0.29) is 11.3 Å². The van der Waals surface area contributed by atoms with Crippen LogP contribution >= 0.6 is 0 Å². The summed E-state index contributed by atoms with van der Waals surface area (Å²) in [5, 5.41) is 0. The molecule has 70 valence electrons. The van der Waals surface area contributed by atoms with E-state index in [4.69, 9.17) is 4.11 Å². The van der Waals surface area contributed by atoms with Crippen molar-refractivity contribution in [2.24, 2.45) is 0 Å². The molecule has 0 atom stereocenters. The summed E-state index contributed by atoms with van der Waals surface area (Å²) in [4.78, 5) is 11.2. The molecule has 0 aliphatic heterocycles. The SMILES string of the molecule is [2H]C([2H])([2H])Oc1ccc(F)cc1C(=O)OC. The van der Waals surface area contributed by atoms with Gasteiger partial charge >= 0.3 is 5.97 Å². The van der Waals surface area contributed by atoms with Crippen LogP contribution < -0.4 is 4.74 Å². The Morgan fingerprint density at radius 1 is 1.62 bits per heavy atom. The van der Waals surface area contributed by atoms with Crippen LogP contribution in [0.5, 0.6) is 5.75 Å². The fraction of sp³-hybridized carbons (Fsp3) is 0.222. The van der Waals surface area contributed by atoms with Gasteiger partial charge in [0.1, 0.15) is 17.1 Å². The second-order valence-corrected chi connectivity index (χ2v) is 2.23. The Balaban J connectivity index is 3.13. The maximum atomic E-state index is 12.9. The monoisotopic (exact) mass is 187 g/mol. The molecule has 0 amide bonds. The number of carbonyl (C=O) groups excluding carboxylic acids is 1. The highest BCUT2D eigenvalue weighted by Crippen LogP contribution is 2.19. The molecule has 0 aromatic heterocycles. The molecule has 0 saturated heterocycles. The molecule has 0 spiro atoms. The number of carbonyl (C=O) groups is 1. The van der Waals surface area contributed by atoms with Crippen molar-refractivity contribution in [2.45, 2.75) is 0 Å². The van der Waals surface area contributed by atoms with Gasteiger partial charge in [-0.3, -0.25) is 0 Å². The first-order valence-corrected chi connectivity index (χ1v) is 3.40. The van der Waals surface area contributed by atoms with Crippen LogP contribution in [0, 0.1) is 5.82 Å². The zero-order chi connectivity index (χ0) is 12.3. The summed E-state index contributed by atoms with van der Waals surface area (Å²) < 4.78 is 42.4. The molecule has 0 N–H and O–H groups in total. The third-order valence-electron chi connectivity index (χ3n) is 1.46. The molecule has 0 radical (unpaired) electrons. The summed E-state index contributed by atoms with van der Waals surface area (Å²) in [6.07, 6.45) is 0. The molecule has 1 aromatic carbocycles.